The van der Waals surface area contributed by atoms with Gasteiger partial charge in [-0.3, -0.25) is 0 Å². The average Bonchev–Trinajstić information content (AvgIpc) is 2.45. The van der Waals surface area contributed by atoms with Crippen molar-refractivity contribution in [3.63, 3.8) is 0 Å². The van der Waals surface area contributed by atoms with Crippen LogP contribution in [-0.2, 0) is 5.60 Å². The van der Waals surface area contributed by atoms with E-state index in [1.54, 1.807) is 0 Å². The lowest BCUT2D eigenvalue weighted by atomic mass is 9.75. The van der Waals surface area contributed by atoms with Gasteiger partial charge < -0.3 is 10.4 Å². The molecule has 116 valence electrons. The van der Waals surface area contributed by atoms with E-state index in [2.05, 4.69) is 36.5 Å². The first-order valence-corrected chi connectivity index (χ1v) is 8.77. The van der Waals surface area contributed by atoms with E-state index in [-0.39, 0.29) is 0 Å². The summed E-state index contributed by atoms with van der Waals surface area (Å²) >= 11 is 0. The van der Waals surface area contributed by atoms with Crippen LogP contribution >= 0.6 is 0 Å². The second-order valence-electron chi connectivity index (χ2n) is 7.01. The van der Waals surface area contributed by atoms with E-state index in [9.17, 15) is 5.11 Å². The molecular weight excluding hydrogens is 258 g/mol. The van der Waals surface area contributed by atoms with Gasteiger partial charge in [0.25, 0.3) is 0 Å². The molecule has 0 radical (unpaired) electrons. The molecule has 1 aromatic carbocycles. The van der Waals surface area contributed by atoms with Crippen molar-refractivity contribution < 1.29 is 5.11 Å². The van der Waals surface area contributed by atoms with E-state index in [0.717, 1.165) is 43.7 Å². The second-order valence-corrected chi connectivity index (χ2v) is 7.01. The Hall–Kier alpha value is -0.860. The molecule has 0 spiro atoms. The highest BCUT2D eigenvalue weighted by Crippen LogP contribution is 2.41. The molecule has 1 aromatic rings. The molecule has 2 heteroatoms. The highest BCUT2D eigenvalue weighted by atomic mass is 16.3. The van der Waals surface area contributed by atoms with Gasteiger partial charge in [0, 0.05) is 6.04 Å². The molecule has 2 saturated carbocycles. The lowest BCUT2D eigenvalue weighted by molar-refractivity contribution is -0.00836. The van der Waals surface area contributed by atoms with Gasteiger partial charge in [-0.2, -0.15) is 0 Å². The van der Waals surface area contributed by atoms with Crippen molar-refractivity contribution in [2.45, 2.75) is 75.9 Å². The largest absolute Gasteiger partial charge is 0.385 e. The SMILES string of the molecule is CCCNC1CCC(O)(c2cccc(C3CCC3)c2)CC1. The Labute approximate surface area is 129 Å². The molecule has 0 heterocycles. The fraction of sp³-hybridized carbons (Fsp3) is 0.684. The fourth-order valence-electron chi connectivity index (χ4n) is 3.76. The first-order chi connectivity index (χ1) is 10.2. The van der Waals surface area contributed by atoms with Crippen molar-refractivity contribution in [1.82, 2.24) is 5.32 Å². The quantitative estimate of drug-likeness (QED) is 0.855. The Bertz CT molecular complexity index is 458. The zero-order valence-electron chi connectivity index (χ0n) is 13.3. The van der Waals surface area contributed by atoms with E-state index in [4.69, 9.17) is 0 Å². The minimum atomic E-state index is -0.593. The van der Waals surface area contributed by atoms with Crippen LogP contribution in [0.15, 0.2) is 24.3 Å². The fourth-order valence-corrected chi connectivity index (χ4v) is 3.76. The van der Waals surface area contributed by atoms with Crippen LogP contribution in [0.3, 0.4) is 0 Å². The molecule has 3 rings (SSSR count). The average molecular weight is 287 g/mol. The maximum Gasteiger partial charge on any atom is 0.0897 e. The van der Waals surface area contributed by atoms with Crippen LogP contribution in [0.25, 0.3) is 0 Å². The number of aliphatic hydroxyl groups is 1. The van der Waals surface area contributed by atoms with E-state index >= 15 is 0 Å². The highest BCUT2D eigenvalue weighted by Gasteiger charge is 2.35. The number of benzene rings is 1. The van der Waals surface area contributed by atoms with E-state index in [1.165, 1.54) is 31.2 Å². The van der Waals surface area contributed by atoms with Crippen molar-refractivity contribution in [3.05, 3.63) is 35.4 Å². The molecule has 0 saturated heterocycles. The van der Waals surface area contributed by atoms with Gasteiger partial charge in [-0.1, -0.05) is 37.6 Å². The third-order valence-corrected chi connectivity index (χ3v) is 5.50. The zero-order valence-corrected chi connectivity index (χ0v) is 13.3. The summed E-state index contributed by atoms with van der Waals surface area (Å²) in [6.45, 7) is 3.30. The van der Waals surface area contributed by atoms with Crippen LogP contribution in [0.4, 0.5) is 0 Å². The summed E-state index contributed by atoms with van der Waals surface area (Å²) in [7, 11) is 0. The predicted molar refractivity (Wildman–Crippen MR) is 87.5 cm³/mol. The van der Waals surface area contributed by atoms with Gasteiger partial charge in [0.05, 0.1) is 5.60 Å². The smallest absolute Gasteiger partial charge is 0.0897 e. The summed E-state index contributed by atoms with van der Waals surface area (Å²) in [5.41, 5.74) is 2.00. The van der Waals surface area contributed by atoms with Crippen molar-refractivity contribution >= 4 is 0 Å². The molecule has 2 fully saturated rings. The number of hydrogen-bond donors (Lipinski definition) is 2. The molecule has 2 aliphatic carbocycles. The standard InChI is InChI=1S/C19H29NO/c1-2-13-20-18-9-11-19(21,12-10-18)17-8-4-7-16(14-17)15-5-3-6-15/h4,7-8,14-15,18,20-21H,2-3,5-6,9-13H2,1H3. The summed E-state index contributed by atoms with van der Waals surface area (Å²) in [6.07, 6.45) is 9.16. The van der Waals surface area contributed by atoms with E-state index in [1.807, 2.05) is 0 Å². The van der Waals surface area contributed by atoms with Crippen molar-refractivity contribution in [2.75, 3.05) is 6.54 Å². The van der Waals surface area contributed by atoms with Gasteiger partial charge in [0.2, 0.25) is 0 Å². The van der Waals surface area contributed by atoms with Crippen LogP contribution in [0.2, 0.25) is 0 Å². The van der Waals surface area contributed by atoms with Crippen LogP contribution in [0, 0.1) is 0 Å². The predicted octanol–water partition coefficient (Wildman–Crippen LogP) is 4.08. The van der Waals surface area contributed by atoms with E-state index < -0.39 is 5.60 Å². The lowest BCUT2D eigenvalue weighted by Gasteiger charge is -2.37. The Morgan fingerprint density at radius 1 is 1.19 bits per heavy atom. The maximum atomic E-state index is 11.1. The maximum absolute atomic E-state index is 11.1. The first-order valence-electron chi connectivity index (χ1n) is 8.77. The van der Waals surface area contributed by atoms with Crippen LogP contribution < -0.4 is 5.32 Å². The third-order valence-electron chi connectivity index (χ3n) is 5.50. The molecule has 0 aliphatic heterocycles. The summed E-state index contributed by atoms with van der Waals surface area (Å²) in [4.78, 5) is 0. The number of hydrogen-bond acceptors (Lipinski definition) is 2. The Morgan fingerprint density at radius 3 is 2.57 bits per heavy atom. The molecule has 0 unspecified atom stereocenters. The summed E-state index contributed by atoms with van der Waals surface area (Å²) in [5.74, 6) is 0.746. The normalized spacial score (nSPS) is 30.1. The van der Waals surface area contributed by atoms with Gasteiger partial charge in [-0.15, -0.1) is 0 Å². The Morgan fingerprint density at radius 2 is 1.95 bits per heavy atom. The van der Waals surface area contributed by atoms with Crippen molar-refractivity contribution in [3.8, 4) is 0 Å². The number of rotatable bonds is 5. The van der Waals surface area contributed by atoms with Crippen LogP contribution in [-0.4, -0.2) is 17.7 Å². The minimum Gasteiger partial charge on any atom is -0.385 e. The topological polar surface area (TPSA) is 32.3 Å². The van der Waals surface area contributed by atoms with Crippen molar-refractivity contribution in [2.24, 2.45) is 0 Å². The molecule has 21 heavy (non-hydrogen) atoms. The summed E-state index contributed by atoms with van der Waals surface area (Å²) < 4.78 is 0. The monoisotopic (exact) mass is 287 g/mol. The van der Waals surface area contributed by atoms with Crippen LogP contribution in [0.1, 0.15) is 75.3 Å². The summed E-state index contributed by atoms with van der Waals surface area (Å²) in [6, 6.07) is 9.39. The third kappa shape index (κ3) is 3.32. The molecule has 2 N–H and O–H groups in total. The zero-order chi connectivity index (χ0) is 14.7. The van der Waals surface area contributed by atoms with Gasteiger partial charge in [0.1, 0.15) is 0 Å². The molecule has 2 aliphatic rings. The number of nitrogens with one attached hydrogen (secondary N) is 1. The first kappa shape index (κ1) is 15.1. The van der Waals surface area contributed by atoms with E-state index in [0.29, 0.717) is 6.04 Å². The molecule has 0 aromatic heterocycles. The second kappa shape index (κ2) is 6.50. The molecular formula is C19H29NO. The van der Waals surface area contributed by atoms with Crippen molar-refractivity contribution in [1.29, 1.82) is 0 Å². The Balaban J connectivity index is 1.66. The van der Waals surface area contributed by atoms with Gasteiger partial charge >= 0.3 is 0 Å². The van der Waals surface area contributed by atoms with Gasteiger partial charge in [-0.05, 0) is 68.5 Å². The minimum absolute atomic E-state index is 0.593. The Kier molecular flexibility index (Phi) is 4.66. The molecule has 2 nitrogen and oxygen atoms in total. The van der Waals surface area contributed by atoms with Crippen LogP contribution in [0.5, 0.6) is 0 Å². The molecule has 0 amide bonds. The van der Waals surface area contributed by atoms with Gasteiger partial charge in [-0.25, -0.2) is 0 Å². The molecule has 0 bridgehead atoms. The highest BCUT2D eigenvalue weighted by molar-refractivity contribution is 5.31. The summed E-state index contributed by atoms with van der Waals surface area (Å²) in [5, 5.41) is 14.7. The lowest BCUT2D eigenvalue weighted by Crippen LogP contribution is -2.40. The molecule has 0 atom stereocenters. The van der Waals surface area contributed by atoms with Gasteiger partial charge in [0.15, 0.2) is 0 Å².